The van der Waals surface area contributed by atoms with E-state index >= 15 is 0 Å². The van der Waals surface area contributed by atoms with E-state index in [-0.39, 0.29) is 17.2 Å². The molecule has 1 fully saturated rings. The molecule has 1 N–H and O–H groups in total. The van der Waals surface area contributed by atoms with E-state index in [4.69, 9.17) is 9.47 Å². The zero-order valence-corrected chi connectivity index (χ0v) is 14.5. The average molecular weight is 394 g/mol. The molecule has 0 aliphatic carbocycles. The van der Waals surface area contributed by atoms with E-state index < -0.39 is 22.0 Å². The standard InChI is InChI=1S/C13H16BrNO6S/c1-20-10-7-12(11(21-2)6-8(10)14)22(18,19)15-5-3-4-9(15)13(16)17/h6-7,9H,3-5H2,1-2H3,(H,16,17)/t9-/m0/s1. The summed E-state index contributed by atoms with van der Waals surface area (Å²) >= 11 is 3.26. The first-order chi connectivity index (χ1) is 10.3. The molecule has 0 aromatic heterocycles. The molecule has 1 saturated heterocycles. The number of aliphatic carboxylic acids is 1. The summed E-state index contributed by atoms with van der Waals surface area (Å²) in [7, 11) is -1.23. The quantitative estimate of drug-likeness (QED) is 0.817. The fourth-order valence-electron chi connectivity index (χ4n) is 2.43. The van der Waals surface area contributed by atoms with Crippen molar-refractivity contribution < 1.29 is 27.8 Å². The highest BCUT2D eigenvalue weighted by Gasteiger charge is 2.41. The van der Waals surface area contributed by atoms with Crippen LogP contribution in [0.25, 0.3) is 0 Å². The smallest absolute Gasteiger partial charge is 0.322 e. The fraction of sp³-hybridized carbons (Fsp3) is 0.462. The molecule has 22 heavy (non-hydrogen) atoms. The zero-order chi connectivity index (χ0) is 16.5. The van der Waals surface area contributed by atoms with Crippen LogP contribution >= 0.6 is 15.9 Å². The molecule has 1 heterocycles. The van der Waals surface area contributed by atoms with Crippen LogP contribution in [-0.2, 0) is 14.8 Å². The number of carbonyl (C=O) groups is 1. The molecule has 0 unspecified atom stereocenters. The van der Waals surface area contributed by atoms with Gasteiger partial charge in [-0.25, -0.2) is 8.42 Å². The van der Waals surface area contributed by atoms with Crippen LogP contribution in [0.2, 0.25) is 0 Å². The Morgan fingerprint density at radius 1 is 1.32 bits per heavy atom. The average Bonchev–Trinajstić information content (AvgIpc) is 2.97. The van der Waals surface area contributed by atoms with Crippen molar-refractivity contribution in [1.82, 2.24) is 4.31 Å². The third-order valence-electron chi connectivity index (χ3n) is 3.51. The number of rotatable bonds is 5. The lowest BCUT2D eigenvalue weighted by atomic mass is 10.2. The van der Waals surface area contributed by atoms with Gasteiger partial charge >= 0.3 is 5.97 Å². The summed E-state index contributed by atoms with van der Waals surface area (Å²) in [6.45, 7) is 0.167. The Morgan fingerprint density at radius 2 is 1.95 bits per heavy atom. The van der Waals surface area contributed by atoms with Crippen molar-refractivity contribution in [2.45, 2.75) is 23.8 Å². The molecule has 1 aromatic carbocycles. The molecule has 0 bridgehead atoms. The number of benzene rings is 1. The van der Waals surface area contributed by atoms with Crippen LogP contribution in [-0.4, -0.2) is 50.6 Å². The minimum absolute atomic E-state index is 0.108. The summed E-state index contributed by atoms with van der Waals surface area (Å²) in [4.78, 5) is 11.1. The minimum atomic E-state index is -4.00. The Kier molecular flexibility index (Phi) is 4.98. The fourth-order valence-corrected chi connectivity index (χ4v) is 4.72. The van der Waals surface area contributed by atoms with Crippen LogP contribution in [0.1, 0.15) is 12.8 Å². The first-order valence-electron chi connectivity index (χ1n) is 6.49. The van der Waals surface area contributed by atoms with Crippen molar-refractivity contribution in [3.63, 3.8) is 0 Å². The zero-order valence-electron chi connectivity index (χ0n) is 12.1. The Labute approximate surface area is 137 Å². The Balaban J connectivity index is 2.56. The largest absolute Gasteiger partial charge is 0.496 e. The van der Waals surface area contributed by atoms with Gasteiger partial charge < -0.3 is 14.6 Å². The van der Waals surface area contributed by atoms with Crippen molar-refractivity contribution in [3.05, 3.63) is 16.6 Å². The van der Waals surface area contributed by atoms with Crippen LogP contribution in [0.4, 0.5) is 0 Å². The van der Waals surface area contributed by atoms with Crippen LogP contribution in [0.15, 0.2) is 21.5 Å². The molecule has 1 atom stereocenters. The van der Waals surface area contributed by atoms with E-state index in [2.05, 4.69) is 15.9 Å². The maximum absolute atomic E-state index is 12.8. The predicted octanol–water partition coefficient (Wildman–Crippen LogP) is 1.70. The maximum atomic E-state index is 12.8. The molecule has 7 nitrogen and oxygen atoms in total. The third-order valence-corrected chi connectivity index (χ3v) is 6.06. The van der Waals surface area contributed by atoms with E-state index in [9.17, 15) is 18.3 Å². The number of halogens is 1. The molecule has 2 rings (SSSR count). The molecule has 0 spiro atoms. The normalized spacial score (nSPS) is 19.1. The number of hydrogen-bond acceptors (Lipinski definition) is 5. The lowest BCUT2D eigenvalue weighted by molar-refractivity contribution is -0.140. The van der Waals surface area contributed by atoms with Gasteiger partial charge in [0.05, 0.1) is 18.7 Å². The summed E-state index contributed by atoms with van der Waals surface area (Å²) in [6, 6.07) is 1.76. The van der Waals surface area contributed by atoms with Gasteiger partial charge in [0.15, 0.2) is 0 Å². The molecule has 0 radical (unpaired) electrons. The first-order valence-corrected chi connectivity index (χ1v) is 8.72. The van der Waals surface area contributed by atoms with Crippen LogP contribution < -0.4 is 9.47 Å². The van der Waals surface area contributed by atoms with Crippen molar-refractivity contribution in [1.29, 1.82) is 0 Å². The summed E-state index contributed by atoms with van der Waals surface area (Å²) < 4.78 is 37.4. The lowest BCUT2D eigenvalue weighted by Gasteiger charge is -2.22. The van der Waals surface area contributed by atoms with Gasteiger partial charge in [0, 0.05) is 12.6 Å². The van der Waals surface area contributed by atoms with Crippen LogP contribution in [0.3, 0.4) is 0 Å². The SMILES string of the molecule is COc1cc(S(=O)(=O)N2CCC[C@H]2C(=O)O)c(OC)cc1Br. The van der Waals surface area contributed by atoms with E-state index in [1.54, 1.807) is 0 Å². The number of hydrogen-bond donors (Lipinski definition) is 1. The monoisotopic (exact) mass is 393 g/mol. The summed E-state index contributed by atoms with van der Waals surface area (Å²) in [5, 5.41) is 9.20. The molecule has 9 heteroatoms. The first kappa shape index (κ1) is 17.0. The number of sulfonamides is 1. The maximum Gasteiger partial charge on any atom is 0.322 e. The Bertz CT molecular complexity index is 690. The van der Waals surface area contributed by atoms with Crippen LogP contribution in [0.5, 0.6) is 11.5 Å². The number of ether oxygens (including phenoxy) is 2. The summed E-state index contributed by atoms with van der Waals surface area (Å²) in [6.07, 6.45) is 0.802. The van der Waals surface area contributed by atoms with E-state index in [0.29, 0.717) is 23.1 Å². The van der Waals surface area contributed by atoms with Crippen molar-refractivity contribution in [2.75, 3.05) is 20.8 Å². The highest BCUT2D eigenvalue weighted by molar-refractivity contribution is 9.10. The second kappa shape index (κ2) is 6.43. The molecular formula is C13H16BrNO6S. The van der Waals surface area contributed by atoms with Gasteiger partial charge in [0.1, 0.15) is 22.4 Å². The Morgan fingerprint density at radius 3 is 2.50 bits per heavy atom. The van der Waals surface area contributed by atoms with E-state index in [0.717, 1.165) is 4.31 Å². The molecule has 1 aliphatic rings. The number of nitrogens with zero attached hydrogens (tertiary/aromatic N) is 1. The van der Waals surface area contributed by atoms with Gasteiger partial charge in [-0.05, 0) is 34.8 Å². The minimum Gasteiger partial charge on any atom is -0.496 e. The van der Waals surface area contributed by atoms with Crippen molar-refractivity contribution in [2.24, 2.45) is 0 Å². The van der Waals surface area contributed by atoms with Gasteiger partial charge in [-0.1, -0.05) is 0 Å². The molecule has 1 aromatic rings. The number of carboxylic acids is 1. The van der Waals surface area contributed by atoms with Crippen molar-refractivity contribution in [3.8, 4) is 11.5 Å². The third kappa shape index (κ3) is 2.92. The second-order valence-corrected chi connectivity index (χ2v) is 7.46. The number of carboxylic acid groups (broad SMARTS) is 1. The van der Waals surface area contributed by atoms with Gasteiger partial charge in [0.25, 0.3) is 0 Å². The van der Waals surface area contributed by atoms with Gasteiger partial charge in [-0.2, -0.15) is 4.31 Å². The highest BCUT2D eigenvalue weighted by Crippen LogP contribution is 2.38. The highest BCUT2D eigenvalue weighted by atomic mass is 79.9. The Hall–Kier alpha value is -1.32. The molecule has 1 aliphatic heterocycles. The molecule has 0 amide bonds. The van der Waals surface area contributed by atoms with Crippen LogP contribution in [0, 0.1) is 0 Å². The molecule has 122 valence electrons. The van der Waals surface area contributed by atoms with Gasteiger partial charge in [-0.3, -0.25) is 4.79 Å². The van der Waals surface area contributed by atoms with E-state index in [1.165, 1.54) is 26.4 Å². The predicted molar refractivity (Wildman–Crippen MR) is 81.8 cm³/mol. The molecular weight excluding hydrogens is 378 g/mol. The topological polar surface area (TPSA) is 93.1 Å². The number of methoxy groups -OCH3 is 2. The van der Waals surface area contributed by atoms with Crippen molar-refractivity contribution >= 4 is 31.9 Å². The second-order valence-electron chi connectivity index (χ2n) is 4.75. The summed E-state index contributed by atoms with van der Waals surface area (Å²) in [5.41, 5.74) is 0. The van der Waals surface area contributed by atoms with Gasteiger partial charge in [0.2, 0.25) is 10.0 Å². The van der Waals surface area contributed by atoms with E-state index in [1.807, 2.05) is 0 Å². The summed E-state index contributed by atoms with van der Waals surface area (Å²) in [5.74, 6) is -0.696. The molecule has 0 saturated carbocycles. The lowest BCUT2D eigenvalue weighted by Crippen LogP contribution is -2.40. The van der Waals surface area contributed by atoms with Gasteiger partial charge in [-0.15, -0.1) is 0 Å².